The summed E-state index contributed by atoms with van der Waals surface area (Å²) < 4.78 is 0. The van der Waals surface area contributed by atoms with Crippen molar-refractivity contribution in [1.29, 1.82) is 0 Å². The van der Waals surface area contributed by atoms with Crippen molar-refractivity contribution in [2.24, 2.45) is 0 Å². The third-order valence-corrected chi connectivity index (χ3v) is 3.99. The van der Waals surface area contributed by atoms with Crippen LogP contribution in [0.2, 0.25) is 0 Å². The molecule has 26 heavy (non-hydrogen) atoms. The fraction of sp³-hybridized carbons (Fsp3) is 0.143. The summed E-state index contributed by atoms with van der Waals surface area (Å²) in [5.41, 5.74) is 10.1. The summed E-state index contributed by atoms with van der Waals surface area (Å²) in [4.78, 5) is 16.7. The van der Waals surface area contributed by atoms with Crippen LogP contribution in [0.25, 0.3) is 17.0 Å². The lowest BCUT2D eigenvalue weighted by Gasteiger charge is -2.08. The van der Waals surface area contributed by atoms with Crippen LogP contribution < -0.4 is 11.1 Å². The van der Waals surface area contributed by atoms with Gasteiger partial charge in [0.15, 0.2) is 0 Å². The van der Waals surface area contributed by atoms with Crippen LogP contribution >= 0.6 is 0 Å². The minimum atomic E-state index is -0.244. The quantitative estimate of drug-likeness (QED) is 0.606. The summed E-state index contributed by atoms with van der Waals surface area (Å²) in [6.07, 6.45) is 5.03. The molecule has 0 atom stereocenters. The molecule has 0 spiro atoms. The number of pyridine rings is 1. The van der Waals surface area contributed by atoms with Gasteiger partial charge in [0.2, 0.25) is 5.91 Å². The molecule has 1 aromatic heterocycles. The Morgan fingerprint density at radius 1 is 1.19 bits per heavy atom. The van der Waals surface area contributed by atoms with Gasteiger partial charge in [-0.15, -0.1) is 0 Å². The van der Waals surface area contributed by atoms with Gasteiger partial charge in [0.05, 0.1) is 5.52 Å². The summed E-state index contributed by atoms with van der Waals surface area (Å²) in [7, 11) is 0. The monoisotopic (exact) mass is 347 g/mol. The number of anilines is 2. The molecule has 1 amide bonds. The highest BCUT2D eigenvalue weighted by Gasteiger charge is 2.06. The molecule has 3 rings (SSSR count). The average Bonchev–Trinajstić information content (AvgIpc) is 2.62. The molecule has 132 valence electrons. The molecule has 0 saturated carbocycles. The highest BCUT2D eigenvalue weighted by molar-refractivity contribution is 6.03. The van der Waals surface area contributed by atoms with Crippen molar-refractivity contribution in [3.8, 4) is 5.75 Å². The van der Waals surface area contributed by atoms with Crippen LogP contribution in [0.4, 0.5) is 11.4 Å². The van der Waals surface area contributed by atoms with E-state index in [0.717, 1.165) is 35.0 Å². The molecule has 0 aliphatic rings. The van der Waals surface area contributed by atoms with E-state index in [-0.39, 0.29) is 11.7 Å². The lowest BCUT2D eigenvalue weighted by Crippen LogP contribution is -2.07. The number of nitrogens with two attached hydrogens (primary N) is 1. The van der Waals surface area contributed by atoms with Crippen LogP contribution in [0.1, 0.15) is 24.6 Å². The number of rotatable bonds is 5. The number of benzene rings is 2. The van der Waals surface area contributed by atoms with Crippen molar-refractivity contribution < 1.29 is 9.90 Å². The molecule has 2 aromatic carbocycles. The Morgan fingerprint density at radius 3 is 2.69 bits per heavy atom. The molecular formula is C21H21N3O2. The van der Waals surface area contributed by atoms with Crippen LogP contribution in [0.3, 0.4) is 0 Å². The molecule has 0 aliphatic heterocycles. The van der Waals surface area contributed by atoms with Crippen LogP contribution in [0.5, 0.6) is 5.75 Å². The molecular weight excluding hydrogens is 326 g/mol. The van der Waals surface area contributed by atoms with Gasteiger partial charge in [-0.05, 0) is 54.5 Å². The minimum Gasteiger partial charge on any atom is -0.508 e. The largest absolute Gasteiger partial charge is 0.508 e. The molecule has 0 radical (unpaired) electrons. The van der Waals surface area contributed by atoms with Gasteiger partial charge in [-0.25, -0.2) is 0 Å². The third kappa shape index (κ3) is 4.19. The number of phenolic OH excluding ortho intramolecular Hbond substituents is 1. The zero-order valence-electron chi connectivity index (χ0n) is 14.6. The van der Waals surface area contributed by atoms with E-state index in [9.17, 15) is 9.90 Å². The first-order chi connectivity index (χ1) is 12.5. The van der Waals surface area contributed by atoms with Crippen molar-refractivity contribution >= 4 is 34.3 Å². The predicted molar refractivity (Wildman–Crippen MR) is 106 cm³/mol. The van der Waals surface area contributed by atoms with Gasteiger partial charge in [-0.3, -0.25) is 9.78 Å². The number of nitrogens with one attached hydrogen (secondary N) is 1. The van der Waals surface area contributed by atoms with Crippen molar-refractivity contribution in [2.45, 2.75) is 19.8 Å². The zero-order valence-corrected chi connectivity index (χ0v) is 14.6. The second-order valence-electron chi connectivity index (χ2n) is 6.10. The summed E-state index contributed by atoms with van der Waals surface area (Å²) in [5.74, 6) is -0.0531. The Labute approximate surface area is 152 Å². The first-order valence-electron chi connectivity index (χ1n) is 8.52. The number of phenols is 1. The van der Waals surface area contributed by atoms with Gasteiger partial charge in [0.25, 0.3) is 0 Å². The Morgan fingerprint density at radius 2 is 1.96 bits per heavy atom. The second-order valence-corrected chi connectivity index (χ2v) is 6.10. The number of carbonyl (C=O) groups excluding carboxylic acids is 1. The number of nitrogens with zero attached hydrogens (tertiary/aromatic N) is 1. The van der Waals surface area contributed by atoms with Crippen LogP contribution in [0, 0.1) is 0 Å². The van der Waals surface area contributed by atoms with Gasteiger partial charge in [0, 0.05) is 28.5 Å². The van der Waals surface area contributed by atoms with Crippen molar-refractivity contribution in [3.63, 3.8) is 0 Å². The molecule has 5 nitrogen and oxygen atoms in total. The zero-order chi connectivity index (χ0) is 18.5. The fourth-order valence-corrected chi connectivity index (χ4v) is 2.71. The van der Waals surface area contributed by atoms with E-state index >= 15 is 0 Å². The topological polar surface area (TPSA) is 88.2 Å². The number of fused-ring (bicyclic) bond motifs is 1. The fourth-order valence-electron chi connectivity index (χ4n) is 2.71. The molecule has 1 heterocycles. The van der Waals surface area contributed by atoms with Crippen molar-refractivity contribution in [2.75, 3.05) is 11.1 Å². The van der Waals surface area contributed by atoms with Gasteiger partial charge in [0.1, 0.15) is 5.75 Å². The predicted octanol–water partition coefficient (Wildman–Crippen LogP) is 4.13. The normalized spacial score (nSPS) is 11.1. The Hall–Kier alpha value is -3.34. The molecule has 0 fully saturated rings. The second kappa shape index (κ2) is 7.70. The maximum absolute atomic E-state index is 12.1. The van der Waals surface area contributed by atoms with E-state index in [1.165, 1.54) is 6.08 Å². The maximum atomic E-state index is 12.1. The van der Waals surface area contributed by atoms with Gasteiger partial charge < -0.3 is 16.2 Å². The van der Waals surface area contributed by atoms with Crippen LogP contribution in [0.15, 0.2) is 54.6 Å². The average molecular weight is 347 g/mol. The molecule has 0 unspecified atom stereocenters. The Bertz CT molecular complexity index is 963. The van der Waals surface area contributed by atoms with Gasteiger partial charge in [-0.1, -0.05) is 25.5 Å². The van der Waals surface area contributed by atoms with Crippen LogP contribution in [-0.2, 0) is 11.2 Å². The van der Waals surface area contributed by atoms with E-state index in [1.807, 2.05) is 24.3 Å². The number of hydrogen-bond donors (Lipinski definition) is 3. The summed E-state index contributed by atoms with van der Waals surface area (Å²) in [5, 5.41) is 12.9. The molecule has 0 aliphatic carbocycles. The SMILES string of the molecule is CCCc1cc(N)c2cc(NC(=O)/C=C/c3ccc(O)cc3)ccc2n1. The third-order valence-electron chi connectivity index (χ3n) is 3.99. The molecule has 0 saturated heterocycles. The molecule has 0 bridgehead atoms. The summed E-state index contributed by atoms with van der Waals surface area (Å²) >= 11 is 0. The number of nitrogen functional groups attached to an aromatic ring is 1. The van der Waals surface area contributed by atoms with Crippen molar-refractivity contribution in [1.82, 2.24) is 4.98 Å². The standard InChI is InChI=1S/C21H21N3O2/c1-2-3-15-13-19(22)18-12-16(7-10-20(18)23-15)24-21(26)11-6-14-4-8-17(25)9-5-14/h4-13,25H,2-3H2,1H3,(H2,22,23)(H,24,26)/b11-6+. The lowest BCUT2D eigenvalue weighted by atomic mass is 10.1. The number of aromatic nitrogens is 1. The smallest absolute Gasteiger partial charge is 0.248 e. The number of aromatic hydroxyl groups is 1. The maximum Gasteiger partial charge on any atom is 0.248 e. The van der Waals surface area contributed by atoms with E-state index in [1.54, 1.807) is 30.3 Å². The van der Waals surface area contributed by atoms with E-state index in [4.69, 9.17) is 5.73 Å². The molecule has 3 aromatic rings. The number of aryl methyl sites for hydroxylation is 1. The number of hydrogen-bond acceptors (Lipinski definition) is 4. The van der Waals surface area contributed by atoms with E-state index in [2.05, 4.69) is 17.2 Å². The van der Waals surface area contributed by atoms with Gasteiger partial charge in [-0.2, -0.15) is 0 Å². The number of amides is 1. The molecule has 4 N–H and O–H groups in total. The number of carbonyl (C=O) groups is 1. The first kappa shape index (κ1) is 17.5. The Balaban J connectivity index is 1.75. The summed E-state index contributed by atoms with van der Waals surface area (Å²) in [6.45, 7) is 2.10. The van der Waals surface area contributed by atoms with E-state index < -0.39 is 0 Å². The highest BCUT2D eigenvalue weighted by Crippen LogP contribution is 2.24. The Kier molecular flexibility index (Phi) is 5.17. The van der Waals surface area contributed by atoms with E-state index in [0.29, 0.717) is 11.4 Å². The van der Waals surface area contributed by atoms with Crippen LogP contribution in [-0.4, -0.2) is 16.0 Å². The van der Waals surface area contributed by atoms with Gasteiger partial charge >= 0.3 is 0 Å². The summed E-state index contributed by atoms with van der Waals surface area (Å²) in [6, 6.07) is 14.0. The minimum absolute atomic E-state index is 0.191. The lowest BCUT2D eigenvalue weighted by molar-refractivity contribution is -0.111. The van der Waals surface area contributed by atoms with Crippen molar-refractivity contribution in [3.05, 3.63) is 65.9 Å². The molecule has 5 heteroatoms. The first-order valence-corrected chi connectivity index (χ1v) is 8.52. The highest BCUT2D eigenvalue weighted by atomic mass is 16.3.